The molecule has 5 heteroatoms. The standard InChI is InChI=1S/C39H23N3O2/c1-3-10-24(11-4-1)25-18-20-27(21-19-25)38-40-37(26-12-5-2-6-13-26)41-39(42-38)31-16-9-15-28-29-22-23-33-34(36(29)44-35(28)31)30-14-7-8-17-32(30)43-33/h1-23H. The van der Waals surface area contributed by atoms with Crippen molar-refractivity contribution in [3.63, 3.8) is 0 Å². The van der Waals surface area contributed by atoms with Crippen LogP contribution in [0.5, 0.6) is 0 Å². The molecule has 206 valence electrons. The lowest BCUT2D eigenvalue weighted by molar-refractivity contribution is 0.663. The molecule has 0 aliphatic rings. The third-order valence-corrected chi connectivity index (χ3v) is 8.16. The zero-order valence-electron chi connectivity index (χ0n) is 23.4. The van der Waals surface area contributed by atoms with E-state index >= 15 is 0 Å². The van der Waals surface area contributed by atoms with Crippen LogP contribution in [-0.2, 0) is 0 Å². The number of benzene rings is 6. The number of rotatable bonds is 4. The van der Waals surface area contributed by atoms with Crippen LogP contribution >= 0.6 is 0 Å². The first-order valence-corrected chi connectivity index (χ1v) is 14.5. The van der Waals surface area contributed by atoms with Crippen LogP contribution in [0.25, 0.3) is 89.2 Å². The van der Waals surface area contributed by atoms with Crippen molar-refractivity contribution in [1.29, 1.82) is 0 Å². The Bertz CT molecular complexity index is 2480. The Morgan fingerprint density at radius 2 is 0.909 bits per heavy atom. The molecule has 0 unspecified atom stereocenters. The molecular formula is C39H23N3O2. The van der Waals surface area contributed by atoms with Gasteiger partial charge in [-0.15, -0.1) is 0 Å². The summed E-state index contributed by atoms with van der Waals surface area (Å²) in [7, 11) is 0. The first-order chi connectivity index (χ1) is 21.8. The zero-order chi connectivity index (χ0) is 29.0. The number of fused-ring (bicyclic) bond motifs is 7. The molecule has 0 saturated heterocycles. The highest BCUT2D eigenvalue weighted by atomic mass is 16.3. The van der Waals surface area contributed by atoms with E-state index in [4.69, 9.17) is 23.8 Å². The van der Waals surface area contributed by atoms with Gasteiger partial charge in [0.2, 0.25) is 0 Å². The van der Waals surface area contributed by atoms with Gasteiger partial charge in [-0.3, -0.25) is 0 Å². The number of hydrogen-bond acceptors (Lipinski definition) is 5. The maximum atomic E-state index is 6.71. The van der Waals surface area contributed by atoms with Crippen LogP contribution in [0, 0.1) is 0 Å². The SMILES string of the molecule is c1ccc(-c2ccc(-c3nc(-c4ccccc4)nc(-c4cccc5c4oc4c5ccc5oc6ccccc6c54)n3)cc2)cc1. The summed E-state index contributed by atoms with van der Waals surface area (Å²) in [5.74, 6) is 1.76. The highest BCUT2D eigenvalue weighted by Crippen LogP contribution is 2.41. The smallest absolute Gasteiger partial charge is 0.167 e. The van der Waals surface area contributed by atoms with Crippen molar-refractivity contribution >= 4 is 43.9 Å². The van der Waals surface area contributed by atoms with Gasteiger partial charge >= 0.3 is 0 Å². The van der Waals surface area contributed by atoms with E-state index in [1.165, 1.54) is 0 Å². The number of furan rings is 2. The van der Waals surface area contributed by atoms with E-state index in [9.17, 15) is 0 Å². The zero-order valence-corrected chi connectivity index (χ0v) is 23.4. The molecule has 9 aromatic rings. The third kappa shape index (κ3) is 3.91. The van der Waals surface area contributed by atoms with E-state index in [2.05, 4.69) is 54.6 Å². The summed E-state index contributed by atoms with van der Waals surface area (Å²) in [6.07, 6.45) is 0. The first kappa shape index (κ1) is 24.5. The summed E-state index contributed by atoms with van der Waals surface area (Å²) in [5.41, 5.74) is 8.10. The second kappa shape index (κ2) is 9.75. The van der Waals surface area contributed by atoms with E-state index in [1.54, 1.807) is 0 Å². The lowest BCUT2D eigenvalue weighted by atomic mass is 10.0. The van der Waals surface area contributed by atoms with Gasteiger partial charge in [-0.05, 0) is 35.4 Å². The fourth-order valence-corrected chi connectivity index (χ4v) is 6.02. The molecule has 0 N–H and O–H groups in total. The van der Waals surface area contributed by atoms with Gasteiger partial charge in [0.1, 0.15) is 22.3 Å². The average Bonchev–Trinajstić information content (AvgIpc) is 3.67. The maximum Gasteiger partial charge on any atom is 0.167 e. The Labute approximate surface area is 252 Å². The minimum Gasteiger partial charge on any atom is -0.456 e. The van der Waals surface area contributed by atoms with Crippen LogP contribution in [0.1, 0.15) is 0 Å². The molecule has 0 aliphatic carbocycles. The Hall–Kier alpha value is -6.07. The van der Waals surface area contributed by atoms with E-state index in [0.29, 0.717) is 17.5 Å². The predicted molar refractivity (Wildman–Crippen MR) is 176 cm³/mol. The van der Waals surface area contributed by atoms with Crippen LogP contribution in [-0.4, -0.2) is 15.0 Å². The van der Waals surface area contributed by atoms with Gasteiger partial charge in [0, 0.05) is 27.3 Å². The second-order valence-electron chi connectivity index (χ2n) is 10.8. The lowest BCUT2D eigenvalue weighted by Crippen LogP contribution is -2.00. The van der Waals surface area contributed by atoms with Crippen molar-refractivity contribution in [1.82, 2.24) is 15.0 Å². The fraction of sp³-hybridized carbons (Fsp3) is 0. The van der Waals surface area contributed by atoms with Crippen molar-refractivity contribution in [2.75, 3.05) is 0 Å². The summed E-state index contributed by atoms with van der Waals surface area (Å²) in [4.78, 5) is 14.9. The van der Waals surface area contributed by atoms with E-state index in [0.717, 1.165) is 71.7 Å². The largest absolute Gasteiger partial charge is 0.456 e. The summed E-state index contributed by atoms with van der Waals surface area (Å²) in [6.45, 7) is 0. The first-order valence-electron chi connectivity index (χ1n) is 14.5. The molecule has 0 saturated carbocycles. The lowest BCUT2D eigenvalue weighted by Gasteiger charge is -2.09. The molecule has 3 aromatic heterocycles. The van der Waals surface area contributed by atoms with Crippen LogP contribution in [0.15, 0.2) is 148 Å². The number of para-hydroxylation sites is 2. The van der Waals surface area contributed by atoms with Gasteiger partial charge in [0.05, 0.1) is 10.9 Å². The quantitative estimate of drug-likeness (QED) is 0.212. The van der Waals surface area contributed by atoms with Gasteiger partial charge < -0.3 is 8.83 Å². The van der Waals surface area contributed by atoms with E-state index in [1.807, 2.05) is 84.9 Å². The number of aromatic nitrogens is 3. The molecule has 0 fully saturated rings. The van der Waals surface area contributed by atoms with E-state index in [-0.39, 0.29) is 0 Å². The molecule has 0 aliphatic heterocycles. The van der Waals surface area contributed by atoms with Crippen molar-refractivity contribution in [2.24, 2.45) is 0 Å². The van der Waals surface area contributed by atoms with Gasteiger partial charge in [-0.2, -0.15) is 0 Å². The Morgan fingerprint density at radius 3 is 1.68 bits per heavy atom. The van der Waals surface area contributed by atoms with Crippen LogP contribution in [0.4, 0.5) is 0 Å². The van der Waals surface area contributed by atoms with Crippen LogP contribution in [0.3, 0.4) is 0 Å². The number of hydrogen-bond donors (Lipinski definition) is 0. The minimum absolute atomic E-state index is 0.555. The monoisotopic (exact) mass is 565 g/mol. The summed E-state index contributed by atoms with van der Waals surface area (Å²) < 4.78 is 12.9. The van der Waals surface area contributed by atoms with Gasteiger partial charge in [-0.25, -0.2) is 15.0 Å². The summed E-state index contributed by atoms with van der Waals surface area (Å²) in [5, 5.41) is 4.02. The average molecular weight is 566 g/mol. The van der Waals surface area contributed by atoms with Gasteiger partial charge in [-0.1, -0.05) is 115 Å². The summed E-state index contributed by atoms with van der Waals surface area (Å²) >= 11 is 0. The molecule has 0 radical (unpaired) electrons. The molecule has 44 heavy (non-hydrogen) atoms. The molecule has 0 atom stereocenters. The predicted octanol–water partition coefficient (Wildman–Crippen LogP) is 10.3. The molecule has 5 nitrogen and oxygen atoms in total. The van der Waals surface area contributed by atoms with Gasteiger partial charge in [0.25, 0.3) is 0 Å². The van der Waals surface area contributed by atoms with E-state index < -0.39 is 0 Å². The Morgan fingerprint density at radius 1 is 0.341 bits per heavy atom. The topological polar surface area (TPSA) is 65.0 Å². The normalized spacial score (nSPS) is 11.6. The Balaban J connectivity index is 1.26. The molecular weight excluding hydrogens is 542 g/mol. The summed E-state index contributed by atoms with van der Waals surface area (Å²) in [6, 6.07) is 47.0. The highest BCUT2D eigenvalue weighted by Gasteiger charge is 2.20. The molecule has 0 bridgehead atoms. The second-order valence-corrected chi connectivity index (χ2v) is 10.8. The van der Waals surface area contributed by atoms with Crippen molar-refractivity contribution in [2.45, 2.75) is 0 Å². The Kier molecular flexibility index (Phi) is 5.43. The third-order valence-electron chi connectivity index (χ3n) is 8.16. The molecule has 9 rings (SSSR count). The molecule has 3 heterocycles. The highest BCUT2D eigenvalue weighted by molar-refractivity contribution is 6.22. The molecule has 6 aromatic carbocycles. The maximum absolute atomic E-state index is 6.71. The van der Waals surface area contributed by atoms with Crippen LogP contribution < -0.4 is 0 Å². The van der Waals surface area contributed by atoms with Crippen LogP contribution in [0.2, 0.25) is 0 Å². The minimum atomic E-state index is 0.555. The van der Waals surface area contributed by atoms with Crippen molar-refractivity contribution in [3.05, 3.63) is 140 Å². The molecule has 0 amide bonds. The van der Waals surface area contributed by atoms with Crippen molar-refractivity contribution in [3.8, 4) is 45.3 Å². The fourth-order valence-electron chi connectivity index (χ4n) is 6.02. The van der Waals surface area contributed by atoms with Crippen molar-refractivity contribution < 1.29 is 8.83 Å². The van der Waals surface area contributed by atoms with Gasteiger partial charge in [0.15, 0.2) is 17.5 Å². The number of nitrogens with zero attached hydrogens (tertiary/aromatic N) is 3. The molecule has 0 spiro atoms.